The minimum atomic E-state index is 0.107. The normalized spacial score (nSPS) is 15.8. The monoisotopic (exact) mass is 281 g/mol. The van der Waals surface area contributed by atoms with Gasteiger partial charge < -0.3 is 10.5 Å². The molecule has 2 N–H and O–H groups in total. The molecule has 21 heavy (non-hydrogen) atoms. The van der Waals surface area contributed by atoms with E-state index in [1.54, 1.807) is 0 Å². The molecule has 1 saturated carbocycles. The average molecular weight is 281 g/mol. The number of ether oxygens (including phenoxy) is 1. The van der Waals surface area contributed by atoms with E-state index in [0.717, 1.165) is 11.3 Å². The maximum Gasteiger partial charge on any atom is 0.124 e. The molecule has 3 rings (SSSR count). The summed E-state index contributed by atoms with van der Waals surface area (Å²) in [5.74, 6) is 1.58. The Hall–Kier alpha value is -1.80. The zero-order valence-corrected chi connectivity index (χ0v) is 12.8. The Morgan fingerprint density at radius 1 is 1.10 bits per heavy atom. The Labute approximate surface area is 126 Å². The van der Waals surface area contributed by atoms with Crippen LogP contribution in [0.5, 0.6) is 5.75 Å². The first-order valence-corrected chi connectivity index (χ1v) is 7.68. The second kappa shape index (κ2) is 5.90. The molecular formula is C19H23NO. The molecule has 0 aromatic heterocycles. The van der Waals surface area contributed by atoms with Gasteiger partial charge in [-0.25, -0.2) is 0 Å². The predicted molar refractivity (Wildman–Crippen MR) is 86.3 cm³/mol. The third-order valence-corrected chi connectivity index (χ3v) is 4.35. The highest BCUT2D eigenvalue weighted by molar-refractivity contribution is 5.44. The average Bonchev–Trinajstić information content (AvgIpc) is 3.33. The first kappa shape index (κ1) is 14.2. The Balaban J connectivity index is 1.83. The molecule has 1 aliphatic carbocycles. The van der Waals surface area contributed by atoms with Gasteiger partial charge in [0, 0.05) is 11.6 Å². The van der Waals surface area contributed by atoms with Crippen LogP contribution in [-0.2, 0) is 6.61 Å². The highest BCUT2D eigenvalue weighted by atomic mass is 16.5. The number of hydrogen-bond donors (Lipinski definition) is 1. The van der Waals surface area contributed by atoms with Crippen molar-refractivity contribution in [1.29, 1.82) is 0 Å². The van der Waals surface area contributed by atoms with Crippen molar-refractivity contribution in [3.8, 4) is 5.75 Å². The topological polar surface area (TPSA) is 35.2 Å². The second-order valence-corrected chi connectivity index (χ2v) is 6.11. The largest absolute Gasteiger partial charge is 0.489 e. The molecule has 0 aliphatic heterocycles. The van der Waals surface area contributed by atoms with E-state index in [0.29, 0.717) is 12.5 Å². The van der Waals surface area contributed by atoms with Crippen LogP contribution in [-0.4, -0.2) is 0 Å². The molecule has 1 atom stereocenters. The summed E-state index contributed by atoms with van der Waals surface area (Å²) in [6, 6.07) is 14.7. The van der Waals surface area contributed by atoms with Gasteiger partial charge in [0.25, 0.3) is 0 Å². The van der Waals surface area contributed by atoms with E-state index >= 15 is 0 Å². The number of benzene rings is 2. The van der Waals surface area contributed by atoms with Crippen molar-refractivity contribution in [1.82, 2.24) is 0 Å². The van der Waals surface area contributed by atoms with E-state index in [4.69, 9.17) is 10.5 Å². The van der Waals surface area contributed by atoms with Gasteiger partial charge in [-0.1, -0.05) is 36.4 Å². The van der Waals surface area contributed by atoms with Crippen molar-refractivity contribution in [3.05, 3.63) is 64.7 Å². The van der Waals surface area contributed by atoms with Gasteiger partial charge in [-0.2, -0.15) is 0 Å². The van der Waals surface area contributed by atoms with Gasteiger partial charge in [-0.3, -0.25) is 0 Å². The van der Waals surface area contributed by atoms with Crippen LogP contribution in [0, 0.1) is 19.8 Å². The smallest absolute Gasteiger partial charge is 0.124 e. The molecule has 1 unspecified atom stereocenters. The summed E-state index contributed by atoms with van der Waals surface area (Å²) in [5.41, 5.74) is 11.3. The number of aryl methyl sites for hydroxylation is 2. The molecule has 0 heterocycles. The van der Waals surface area contributed by atoms with Crippen LogP contribution >= 0.6 is 0 Å². The predicted octanol–water partition coefficient (Wildman–Crippen LogP) is 4.29. The van der Waals surface area contributed by atoms with Crippen LogP contribution in [0.3, 0.4) is 0 Å². The fraction of sp³-hybridized carbons (Fsp3) is 0.368. The summed E-state index contributed by atoms with van der Waals surface area (Å²) in [6.45, 7) is 4.85. The van der Waals surface area contributed by atoms with Crippen LogP contribution in [0.25, 0.3) is 0 Å². The number of rotatable bonds is 5. The van der Waals surface area contributed by atoms with Gasteiger partial charge in [0.2, 0.25) is 0 Å². The molecule has 2 aromatic rings. The summed E-state index contributed by atoms with van der Waals surface area (Å²) in [7, 11) is 0. The summed E-state index contributed by atoms with van der Waals surface area (Å²) in [5, 5.41) is 0. The highest BCUT2D eigenvalue weighted by Crippen LogP contribution is 2.42. The van der Waals surface area contributed by atoms with E-state index < -0.39 is 0 Å². The maximum absolute atomic E-state index is 6.41. The zero-order valence-electron chi connectivity index (χ0n) is 12.8. The molecule has 0 spiro atoms. The van der Waals surface area contributed by atoms with Gasteiger partial charge in [-0.05, 0) is 55.4 Å². The molecule has 110 valence electrons. The lowest BCUT2D eigenvalue weighted by molar-refractivity contribution is 0.299. The van der Waals surface area contributed by atoms with Crippen LogP contribution in [0.15, 0.2) is 42.5 Å². The third-order valence-electron chi connectivity index (χ3n) is 4.35. The molecule has 0 bridgehead atoms. The standard InChI is InChI=1S/C19H23NO/c1-13-10-17(19(20)16-8-9-16)18(11-14(13)2)21-12-15-6-4-3-5-7-15/h3-7,10-11,16,19H,8-9,12,20H2,1-2H3. The number of hydrogen-bond acceptors (Lipinski definition) is 2. The minimum Gasteiger partial charge on any atom is -0.489 e. The molecule has 2 nitrogen and oxygen atoms in total. The molecular weight excluding hydrogens is 258 g/mol. The molecule has 1 fully saturated rings. The Kier molecular flexibility index (Phi) is 3.98. The van der Waals surface area contributed by atoms with E-state index in [-0.39, 0.29) is 6.04 Å². The molecule has 0 amide bonds. The lowest BCUT2D eigenvalue weighted by Crippen LogP contribution is -2.14. The Morgan fingerprint density at radius 2 is 1.76 bits per heavy atom. The SMILES string of the molecule is Cc1cc(OCc2ccccc2)c(C(N)C2CC2)cc1C. The van der Waals surface area contributed by atoms with E-state index in [1.807, 2.05) is 18.2 Å². The van der Waals surface area contributed by atoms with Crippen LogP contribution in [0.4, 0.5) is 0 Å². The minimum absolute atomic E-state index is 0.107. The van der Waals surface area contributed by atoms with E-state index in [1.165, 1.54) is 29.5 Å². The Morgan fingerprint density at radius 3 is 2.43 bits per heavy atom. The van der Waals surface area contributed by atoms with Gasteiger partial charge >= 0.3 is 0 Å². The van der Waals surface area contributed by atoms with Gasteiger partial charge in [0.1, 0.15) is 12.4 Å². The van der Waals surface area contributed by atoms with Gasteiger partial charge in [0.15, 0.2) is 0 Å². The van der Waals surface area contributed by atoms with Crippen LogP contribution in [0.1, 0.15) is 41.1 Å². The molecule has 2 aromatic carbocycles. The summed E-state index contributed by atoms with van der Waals surface area (Å²) in [4.78, 5) is 0. The molecule has 0 saturated heterocycles. The Bertz CT molecular complexity index is 617. The van der Waals surface area contributed by atoms with Gasteiger partial charge in [0.05, 0.1) is 0 Å². The van der Waals surface area contributed by atoms with E-state index in [2.05, 4.69) is 38.1 Å². The summed E-state index contributed by atoms with van der Waals surface area (Å²) in [6.07, 6.45) is 2.48. The second-order valence-electron chi connectivity index (χ2n) is 6.11. The van der Waals surface area contributed by atoms with E-state index in [9.17, 15) is 0 Å². The molecule has 0 radical (unpaired) electrons. The lowest BCUT2D eigenvalue weighted by atomic mass is 9.97. The number of nitrogens with two attached hydrogens (primary N) is 1. The first-order valence-electron chi connectivity index (χ1n) is 7.68. The van der Waals surface area contributed by atoms with Crippen LogP contribution < -0.4 is 10.5 Å². The van der Waals surface area contributed by atoms with Crippen molar-refractivity contribution in [2.24, 2.45) is 11.7 Å². The van der Waals surface area contributed by atoms with Crippen molar-refractivity contribution < 1.29 is 4.74 Å². The first-order chi connectivity index (χ1) is 10.1. The lowest BCUT2D eigenvalue weighted by Gasteiger charge is -2.19. The summed E-state index contributed by atoms with van der Waals surface area (Å²) >= 11 is 0. The highest BCUT2D eigenvalue weighted by Gasteiger charge is 2.31. The third kappa shape index (κ3) is 3.27. The summed E-state index contributed by atoms with van der Waals surface area (Å²) < 4.78 is 6.08. The molecule has 2 heteroatoms. The fourth-order valence-corrected chi connectivity index (χ4v) is 2.64. The quantitative estimate of drug-likeness (QED) is 0.887. The van der Waals surface area contributed by atoms with Crippen molar-refractivity contribution >= 4 is 0 Å². The van der Waals surface area contributed by atoms with Crippen molar-refractivity contribution in [3.63, 3.8) is 0 Å². The van der Waals surface area contributed by atoms with Crippen molar-refractivity contribution in [2.75, 3.05) is 0 Å². The maximum atomic E-state index is 6.41. The van der Waals surface area contributed by atoms with Gasteiger partial charge in [-0.15, -0.1) is 0 Å². The molecule has 1 aliphatic rings. The van der Waals surface area contributed by atoms with Crippen molar-refractivity contribution in [2.45, 2.75) is 39.3 Å². The fourth-order valence-electron chi connectivity index (χ4n) is 2.64. The zero-order chi connectivity index (χ0) is 14.8. The van der Waals surface area contributed by atoms with Crippen LogP contribution in [0.2, 0.25) is 0 Å².